The summed E-state index contributed by atoms with van der Waals surface area (Å²) in [5.74, 6) is -1.50. The van der Waals surface area contributed by atoms with Gasteiger partial charge in [-0.25, -0.2) is 4.39 Å². The summed E-state index contributed by atoms with van der Waals surface area (Å²) in [6.07, 6.45) is 1.35. The Balaban J connectivity index is 1.93. The Bertz CT molecular complexity index is 599. The predicted octanol–water partition coefficient (Wildman–Crippen LogP) is 1.91. The third-order valence-electron chi connectivity index (χ3n) is 4.20. The van der Waals surface area contributed by atoms with Crippen molar-refractivity contribution in [2.45, 2.75) is 37.6 Å². The SMILES string of the molecule is COc1ccc(CCC(=O)NC2(CC(=O)O)CCOCC2)cc1F. The molecular weight excluding hydrogens is 317 g/mol. The van der Waals surface area contributed by atoms with Gasteiger partial charge in [-0.3, -0.25) is 9.59 Å². The van der Waals surface area contributed by atoms with E-state index in [1.807, 2.05) is 0 Å². The van der Waals surface area contributed by atoms with Gasteiger partial charge in [0.15, 0.2) is 11.6 Å². The van der Waals surface area contributed by atoms with Crippen LogP contribution in [0.15, 0.2) is 18.2 Å². The number of amides is 1. The van der Waals surface area contributed by atoms with Gasteiger partial charge in [0.25, 0.3) is 0 Å². The molecule has 0 aliphatic carbocycles. The molecule has 1 heterocycles. The second-order valence-corrected chi connectivity index (χ2v) is 5.98. The number of carbonyl (C=O) groups excluding carboxylic acids is 1. The van der Waals surface area contributed by atoms with Crippen LogP contribution in [-0.2, 0) is 20.7 Å². The molecule has 0 saturated carbocycles. The molecule has 24 heavy (non-hydrogen) atoms. The molecule has 1 saturated heterocycles. The first-order valence-electron chi connectivity index (χ1n) is 7.87. The van der Waals surface area contributed by atoms with E-state index < -0.39 is 17.3 Å². The van der Waals surface area contributed by atoms with Crippen LogP contribution in [0.5, 0.6) is 5.75 Å². The Kier molecular flexibility index (Phi) is 6.14. The lowest BCUT2D eigenvalue weighted by atomic mass is 9.86. The quantitative estimate of drug-likeness (QED) is 0.793. The molecule has 0 unspecified atom stereocenters. The molecule has 1 fully saturated rings. The summed E-state index contributed by atoms with van der Waals surface area (Å²) in [5.41, 5.74) is -0.0745. The smallest absolute Gasteiger partial charge is 0.305 e. The fourth-order valence-corrected chi connectivity index (χ4v) is 2.88. The van der Waals surface area contributed by atoms with Gasteiger partial charge in [-0.1, -0.05) is 6.07 Å². The molecule has 0 aromatic heterocycles. The van der Waals surface area contributed by atoms with Gasteiger partial charge in [0.2, 0.25) is 5.91 Å². The average molecular weight is 339 g/mol. The minimum absolute atomic E-state index is 0.126. The van der Waals surface area contributed by atoms with Gasteiger partial charge >= 0.3 is 5.97 Å². The molecule has 2 rings (SSSR count). The Morgan fingerprint density at radius 3 is 2.67 bits per heavy atom. The van der Waals surface area contributed by atoms with Crippen LogP contribution in [0, 0.1) is 5.82 Å². The molecule has 1 aliphatic rings. The first-order valence-corrected chi connectivity index (χ1v) is 7.87. The van der Waals surface area contributed by atoms with Gasteiger partial charge in [-0.15, -0.1) is 0 Å². The van der Waals surface area contributed by atoms with E-state index in [-0.39, 0.29) is 24.5 Å². The van der Waals surface area contributed by atoms with Crippen LogP contribution in [0.1, 0.15) is 31.2 Å². The van der Waals surface area contributed by atoms with Crippen LogP contribution >= 0.6 is 0 Å². The summed E-state index contributed by atoms with van der Waals surface area (Å²) >= 11 is 0. The second-order valence-electron chi connectivity index (χ2n) is 5.98. The minimum Gasteiger partial charge on any atom is -0.494 e. The predicted molar refractivity (Wildman–Crippen MR) is 84.5 cm³/mol. The largest absolute Gasteiger partial charge is 0.494 e. The fourth-order valence-electron chi connectivity index (χ4n) is 2.88. The van der Waals surface area contributed by atoms with Crippen molar-refractivity contribution in [3.63, 3.8) is 0 Å². The number of methoxy groups -OCH3 is 1. The van der Waals surface area contributed by atoms with Crippen LogP contribution < -0.4 is 10.1 Å². The molecule has 1 aromatic rings. The van der Waals surface area contributed by atoms with Crippen LogP contribution in [0.3, 0.4) is 0 Å². The number of aliphatic carboxylic acids is 1. The van der Waals surface area contributed by atoms with E-state index in [9.17, 15) is 14.0 Å². The second kappa shape index (κ2) is 8.10. The van der Waals surface area contributed by atoms with Crippen LogP contribution in [0.4, 0.5) is 4.39 Å². The average Bonchev–Trinajstić information content (AvgIpc) is 2.53. The van der Waals surface area contributed by atoms with Crippen LogP contribution in [-0.4, -0.2) is 42.8 Å². The molecule has 1 aromatic carbocycles. The van der Waals surface area contributed by atoms with Gasteiger partial charge in [-0.05, 0) is 37.0 Å². The van der Waals surface area contributed by atoms with Crippen molar-refractivity contribution in [2.24, 2.45) is 0 Å². The van der Waals surface area contributed by atoms with Crippen molar-refractivity contribution in [3.8, 4) is 5.75 Å². The maximum atomic E-state index is 13.6. The third-order valence-corrected chi connectivity index (χ3v) is 4.20. The highest BCUT2D eigenvalue weighted by Gasteiger charge is 2.36. The minimum atomic E-state index is -0.950. The van der Waals surface area contributed by atoms with Gasteiger partial charge in [0.1, 0.15) is 0 Å². The van der Waals surface area contributed by atoms with E-state index in [0.29, 0.717) is 38.0 Å². The van der Waals surface area contributed by atoms with E-state index >= 15 is 0 Å². The van der Waals surface area contributed by atoms with E-state index in [4.69, 9.17) is 14.6 Å². The lowest BCUT2D eigenvalue weighted by Crippen LogP contribution is -2.53. The first-order chi connectivity index (χ1) is 11.4. The highest BCUT2D eigenvalue weighted by Crippen LogP contribution is 2.25. The van der Waals surface area contributed by atoms with Crippen LogP contribution in [0.25, 0.3) is 0 Å². The van der Waals surface area contributed by atoms with Crippen LogP contribution in [0.2, 0.25) is 0 Å². The molecule has 0 radical (unpaired) electrons. The number of nitrogens with one attached hydrogen (secondary N) is 1. The number of hydrogen-bond acceptors (Lipinski definition) is 4. The lowest BCUT2D eigenvalue weighted by Gasteiger charge is -2.36. The molecule has 1 aliphatic heterocycles. The molecule has 0 spiro atoms. The Hall–Kier alpha value is -2.15. The fraction of sp³-hybridized carbons (Fsp3) is 0.529. The number of carbonyl (C=O) groups is 2. The third kappa shape index (κ3) is 4.92. The highest BCUT2D eigenvalue weighted by atomic mass is 19.1. The van der Waals surface area contributed by atoms with E-state index in [2.05, 4.69) is 5.32 Å². The number of ether oxygens (including phenoxy) is 2. The van der Waals surface area contributed by atoms with Crippen molar-refractivity contribution in [2.75, 3.05) is 20.3 Å². The molecule has 6 nitrogen and oxygen atoms in total. The monoisotopic (exact) mass is 339 g/mol. The zero-order chi connectivity index (χ0) is 17.6. The summed E-state index contributed by atoms with van der Waals surface area (Å²) in [7, 11) is 1.39. The summed E-state index contributed by atoms with van der Waals surface area (Å²) in [6, 6.07) is 4.57. The number of benzene rings is 1. The number of halogens is 1. The Morgan fingerprint density at radius 1 is 1.38 bits per heavy atom. The van der Waals surface area contributed by atoms with Gasteiger partial charge in [0, 0.05) is 19.6 Å². The molecule has 0 atom stereocenters. The summed E-state index contributed by atoms with van der Waals surface area (Å²) < 4.78 is 23.8. The Labute approximate surface area is 139 Å². The maximum absolute atomic E-state index is 13.6. The van der Waals surface area contributed by atoms with Gasteiger partial charge < -0.3 is 19.9 Å². The highest BCUT2D eigenvalue weighted by molar-refractivity contribution is 5.78. The molecular formula is C17H22FNO5. The molecule has 0 bridgehead atoms. The molecule has 2 N–H and O–H groups in total. The molecule has 7 heteroatoms. The Morgan fingerprint density at radius 2 is 2.08 bits per heavy atom. The number of rotatable bonds is 7. The number of carboxylic acids is 1. The number of hydrogen-bond donors (Lipinski definition) is 2. The van der Waals surface area contributed by atoms with E-state index in [0.717, 1.165) is 0 Å². The topological polar surface area (TPSA) is 84.9 Å². The van der Waals surface area contributed by atoms with Crippen molar-refractivity contribution in [3.05, 3.63) is 29.6 Å². The molecule has 132 valence electrons. The van der Waals surface area contributed by atoms with E-state index in [1.54, 1.807) is 6.07 Å². The van der Waals surface area contributed by atoms with Crippen molar-refractivity contribution in [1.82, 2.24) is 5.32 Å². The summed E-state index contributed by atoms with van der Waals surface area (Å²) in [5, 5.41) is 11.9. The first kappa shape index (κ1) is 18.2. The zero-order valence-electron chi connectivity index (χ0n) is 13.6. The molecule has 1 amide bonds. The maximum Gasteiger partial charge on any atom is 0.305 e. The van der Waals surface area contributed by atoms with Crippen molar-refractivity contribution < 1.29 is 28.6 Å². The van der Waals surface area contributed by atoms with Crippen molar-refractivity contribution >= 4 is 11.9 Å². The normalized spacial score (nSPS) is 16.4. The standard InChI is InChI=1S/C17H22FNO5/c1-23-14-4-2-12(10-13(14)18)3-5-15(20)19-17(11-16(21)22)6-8-24-9-7-17/h2,4,10H,3,5-9,11H2,1H3,(H,19,20)(H,21,22). The summed E-state index contributed by atoms with van der Waals surface area (Å²) in [6.45, 7) is 0.856. The number of carboxylic acid groups (broad SMARTS) is 1. The van der Waals surface area contributed by atoms with Gasteiger partial charge in [-0.2, -0.15) is 0 Å². The number of aryl methyl sites for hydroxylation is 1. The van der Waals surface area contributed by atoms with Crippen molar-refractivity contribution in [1.29, 1.82) is 0 Å². The summed E-state index contributed by atoms with van der Waals surface area (Å²) in [4.78, 5) is 23.3. The lowest BCUT2D eigenvalue weighted by molar-refractivity contribution is -0.140. The zero-order valence-corrected chi connectivity index (χ0v) is 13.6. The van der Waals surface area contributed by atoms with Gasteiger partial charge in [0.05, 0.1) is 19.1 Å². The van der Waals surface area contributed by atoms with E-state index in [1.165, 1.54) is 19.2 Å².